The quantitative estimate of drug-likeness (QED) is 0.879. The van der Waals surface area contributed by atoms with Crippen LogP contribution in [0.5, 0.6) is 5.75 Å². The maximum atomic E-state index is 13.2. The number of ether oxygens (including phenoxy) is 2. The lowest BCUT2D eigenvalue weighted by atomic mass is 9.78. The minimum atomic E-state index is -0.519. The molecule has 2 amide bonds. The van der Waals surface area contributed by atoms with Gasteiger partial charge in [-0.15, -0.1) is 0 Å². The summed E-state index contributed by atoms with van der Waals surface area (Å²) in [5.41, 5.74) is 1.10. The first kappa shape index (κ1) is 18.5. The topological polar surface area (TPSA) is 67.9 Å². The zero-order valence-electron chi connectivity index (χ0n) is 15.6. The molecule has 0 unspecified atom stereocenters. The van der Waals surface area contributed by atoms with Crippen LogP contribution in [-0.4, -0.2) is 43.2 Å². The Balaban J connectivity index is 1.78. The second kappa shape index (κ2) is 8.43. The van der Waals surface area contributed by atoms with Gasteiger partial charge in [0, 0.05) is 24.3 Å². The lowest BCUT2D eigenvalue weighted by molar-refractivity contribution is 0.0388. The lowest BCUT2D eigenvalue weighted by Crippen LogP contribution is -2.49. The number of hydrogen-bond acceptors (Lipinski definition) is 4. The average Bonchev–Trinajstić information content (AvgIpc) is 2.67. The van der Waals surface area contributed by atoms with E-state index >= 15 is 0 Å². The summed E-state index contributed by atoms with van der Waals surface area (Å²) in [7, 11) is 1.54. The summed E-state index contributed by atoms with van der Waals surface area (Å²) in [4.78, 5) is 26.8. The summed E-state index contributed by atoms with van der Waals surface area (Å²) in [6.07, 6.45) is 6.58. The summed E-state index contributed by atoms with van der Waals surface area (Å²) < 4.78 is 10.3. The number of nitrogens with one attached hydrogen (secondary N) is 1. The number of anilines is 1. The summed E-state index contributed by atoms with van der Waals surface area (Å²) >= 11 is 0. The molecule has 1 aliphatic carbocycles. The van der Waals surface area contributed by atoms with E-state index in [0.29, 0.717) is 35.6 Å². The molecule has 0 bridgehead atoms. The lowest BCUT2D eigenvalue weighted by Gasteiger charge is -2.44. The highest BCUT2D eigenvalue weighted by Crippen LogP contribution is 2.37. The maximum absolute atomic E-state index is 13.2. The number of nitrogens with zero attached hydrogens (tertiary/aromatic N) is 1. The van der Waals surface area contributed by atoms with Crippen molar-refractivity contribution in [3.63, 3.8) is 0 Å². The highest BCUT2D eigenvalue weighted by Gasteiger charge is 2.36. The van der Waals surface area contributed by atoms with Crippen LogP contribution in [0.15, 0.2) is 18.2 Å². The number of fused-ring (bicyclic) bond motifs is 1. The van der Waals surface area contributed by atoms with Crippen molar-refractivity contribution >= 4 is 17.7 Å². The number of carbonyl (C=O) groups is 2. The van der Waals surface area contributed by atoms with Gasteiger partial charge in [-0.25, -0.2) is 4.79 Å². The molecule has 0 spiro atoms. The molecule has 1 saturated carbocycles. The summed E-state index contributed by atoms with van der Waals surface area (Å²) in [5, 5.41) is 2.64. The molecule has 142 valence electrons. The number of likely N-dealkylation sites (tertiary alicyclic amines) is 1. The Morgan fingerprint density at radius 3 is 2.73 bits per heavy atom. The fraction of sp³-hybridized carbons (Fsp3) is 0.600. The molecule has 1 N–H and O–H groups in total. The Morgan fingerprint density at radius 1 is 1.19 bits per heavy atom. The monoisotopic (exact) mass is 360 g/mol. The van der Waals surface area contributed by atoms with Crippen molar-refractivity contribution in [2.24, 2.45) is 5.92 Å². The molecule has 1 heterocycles. The highest BCUT2D eigenvalue weighted by molar-refractivity contribution is 5.98. The highest BCUT2D eigenvalue weighted by atomic mass is 16.5. The van der Waals surface area contributed by atoms with E-state index in [1.54, 1.807) is 32.2 Å². The molecule has 1 aromatic carbocycles. The Labute approximate surface area is 154 Å². The Morgan fingerprint density at radius 2 is 1.96 bits per heavy atom. The number of piperidine rings is 1. The fourth-order valence-corrected chi connectivity index (χ4v) is 4.26. The first-order chi connectivity index (χ1) is 12.6. The molecule has 2 fully saturated rings. The van der Waals surface area contributed by atoms with Gasteiger partial charge in [0.2, 0.25) is 0 Å². The van der Waals surface area contributed by atoms with Gasteiger partial charge < -0.3 is 14.4 Å². The van der Waals surface area contributed by atoms with E-state index in [1.165, 1.54) is 25.7 Å². The number of amides is 2. The zero-order valence-corrected chi connectivity index (χ0v) is 15.6. The smallest absolute Gasteiger partial charge is 0.411 e. The van der Waals surface area contributed by atoms with E-state index in [9.17, 15) is 9.59 Å². The molecule has 1 aliphatic heterocycles. The Bertz CT molecular complexity index is 659. The van der Waals surface area contributed by atoms with Crippen molar-refractivity contribution in [1.29, 1.82) is 0 Å². The van der Waals surface area contributed by atoms with Gasteiger partial charge in [0.15, 0.2) is 0 Å². The van der Waals surface area contributed by atoms with Crippen LogP contribution in [0.1, 0.15) is 55.8 Å². The maximum Gasteiger partial charge on any atom is 0.411 e. The van der Waals surface area contributed by atoms with Crippen LogP contribution in [0.3, 0.4) is 0 Å². The molecule has 6 nitrogen and oxygen atoms in total. The number of rotatable bonds is 4. The standard InChI is InChI=1S/C20H28N2O4/c1-3-26-20(24)21-15-10-11-16(18(13-15)25-2)19(23)22-12-6-8-14-7-4-5-9-17(14)22/h10-11,13-14,17H,3-9,12H2,1-2H3,(H,21,24)/t14-,17-/m1/s1. The van der Waals surface area contributed by atoms with E-state index in [-0.39, 0.29) is 5.91 Å². The van der Waals surface area contributed by atoms with Crippen LogP contribution in [0, 0.1) is 5.92 Å². The summed E-state index contributed by atoms with van der Waals surface area (Å²) in [5.74, 6) is 1.14. The molecular weight excluding hydrogens is 332 g/mol. The molecule has 3 rings (SSSR count). The zero-order chi connectivity index (χ0) is 18.5. The fourth-order valence-electron chi connectivity index (χ4n) is 4.26. The Hall–Kier alpha value is -2.24. The minimum Gasteiger partial charge on any atom is -0.496 e. The molecule has 1 saturated heterocycles. The molecule has 0 aromatic heterocycles. The molecule has 6 heteroatoms. The first-order valence-corrected chi connectivity index (χ1v) is 9.56. The summed E-state index contributed by atoms with van der Waals surface area (Å²) in [6.45, 7) is 2.86. The van der Waals surface area contributed by atoms with Crippen molar-refractivity contribution < 1.29 is 19.1 Å². The van der Waals surface area contributed by atoms with Gasteiger partial charge in [0.05, 0.1) is 19.3 Å². The third-order valence-corrected chi connectivity index (χ3v) is 5.46. The van der Waals surface area contributed by atoms with Gasteiger partial charge >= 0.3 is 6.09 Å². The van der Waals surface area contributed by atoms with Crippen LogP contribution < -0.4 is 10.1 Å². The third-order valence-electron chi connectivity index (χ3n) is 5.46. The number of hydrogen-bond donors (Lipinski definition) is 1. The van der Waals surface area contributed by atoms with Crippen molar-refractivity contribution in [3.8, 4) is 5.75 Å². The SMILES string of the molecule is CCOC(=O)Nc1ccc(C(=O)N2CCC[C@H]3CCCC[C@H]32)c(OC)c1. The molecule has 26 heavy (non-hydrogen) atoms. The van der Waals surface area contributed by atoms with Gasteiger partial charge in [-0.1, -0.05) is 12.8 Å². The number of methoxy groups -OCH3 is 1. The average molecular weight is 360 g/mol. The van der Waals surface area contributed by atoms with Crippen LogP contribution in [-0.2, 0) is 4.74 Å². The van der Waals surface area contributed by atoms with Crippen LogP contribution >= 0.6 is 0 Å². The molecular formula is C20H28N2O4. The third kappa shape index (κ3) is 3.94. The van der Waals surface area contributed by atoms with E-state index in [4.69, 9.17) is 9.47 Å². The second-order valence-corrected chi connectivity index (χ2v) is 7.01. The van der Waals surface area contributed by atoms with Crippen LogP contribution in [0.25, 0.3) is 0 Å². The summed E-state index contributed by atoms with van der Waals surface area (Å²) in [6, 6.07) is 5.48. The van der Waals surface area contributed by atoms with E-state index in [1.807, 2.05) is 4.90 Å². The number of carbonyl (C=O) groups excluding carboxylic acids is 2. The predicted molar refractivity (Wildman–Crippen MR) is 99.7 cm³/mol. The van der Waals surface area contributed by atoms with Gasteiger partial charge in [0.1, 0.15) is 5.75 Å². The predicted octanol–water partition coefficient (Wildman–Crippen LogP) is 4.06. The van der Waals surface area contributed by atoms with Gasteiger partial charge in [-0.3, -0.25) is 10.1 Å². The molecule has 2 aliphatic rings. The minimum absolute atomic E-state index is 0.0288. The van der Waals surface area contributed by atoms with Crippen LogP contribution in [0.4, 0.5) is 10.5 Å². The number of benzene rings is 1. The van der Waals surface area contributed by atoms with E-state index < -0.39 is 6.09 Å². The van der Waals surface area contributed by atoms with Crippen molar-refractivity contribution in [1.82, 2.24) is 4.90 Å². The van der Waals surface area contributed by atoms with Gasteiger partial charge in [-0.05, 0) is 50.7 Å². The second-order valence-electron chi connectivity index (χ2n) is 7.01. The van der Waals surface area contributed by atoms with Crippen molar-refractivity contribution in [3.05, 3.63) is 23.8 Å². The van der Waals surface area contributed by atoms with Gasteiger partial charge in [0.25, 0.3) is 5.91 Å². The van der Waals surface area contributed by atoms with Gasteiger partial charge in [-0.2, -0.15) is 0 Å². The van der Waals surface area contributed by atoms with Crippen molar-refractivity contribution in [2.45, 2.75) is 51.5 Å². The molecule has 2 atom stereocenters. The van der Waals surface area contributed by atoms with E-state index in [0.717, 1.165) is 19.4 Å². The van der Waals surface area contributed by atoms with E-state index in [2.05, 4.69) is 5.32 Å². The Kier molecular flexibility index (Phi) is 6.01. The molecule has 1 aromatic rings. The van der Waals surface area contributed by atoms with Crippen molar-refractivity contribution in [2.75, 3.05) is 25.6 Å². The molecule has 0 radical (unpaired) electrons. The normalized spacial score (nSPS) is 22.3. The first-order valence-electron chi connectivity index (χ1n) is 9.56. The largest absolute Gasteiger partial charge is 0.496 e. The van der Waals surface area contributed by atoms with Crippen LogP contribution in [0.2, 0.25) is 0 Å².